The molecule has 13 heteroatoms. The van der Waals surface area contributed by atoms with Crippen LogP contribution < -0.4 is 9.44 Å². The van der Waals surface area contributed by atoms with Crippen LogP contribution in [-0.2, 0) is 20.0 Å². The van der Waals surface area contributed by atoms with Crippen LogP contribution in [0.2, 0.25) is 13.7 Å². The Hall–Kier alpha value is -1.01. The molecule has 0 bridgehead atoms. The minimum Gasteiger partial charge on any atom is -0.277 e. The normalized spacial score (nSPS) is 12.1. The molecule has 2 heterocycles. The fourth-order valence-corrected chi connectivity index (χ4v) is 7.40. The van der Waals surface area contributed by atoms with E-state index in [1.165, 1.54) is 36.4 Å². The smallest absolute Gasteiger partial charge is 0.271 e. The van der Waals surface area contributed by atoms with Crippen molar-refractivity contribution in [3.63, 3.8) is 0 Å². The van der Waals surface area contributed by atoms with E-state index < -0.39 is 20.0 Å². The van der Waals surface area contributed by atoms with E-state index in [1.807, 2.05) is 0 Å². The molecule has 0 saturated carbocycles. The van der Waals surface area contributed by atoms with Crippen LogP contribution in [0, 0.1) is 6.92 Å². The van der Waals surface area contributed by atoms with Gasteiger partial charge in [-0.1, -0.05) is 34.8 Å². The van der Waals surface area contributed by atoms with Gasteiger partial charge in [-0.25, -0.2) is 16.8 Å². The number of benzene rings is 1. The van der Waals surface area contributed by atoms with E-state index >= 15 is 0 Å². The maximum Gasteiger partial charge on any atom is 0.271 e. The lowest BCUT2D eigenvalue weighted by atomic mass is 10.2. The van der Waals surface area contributed by atoms with E-state index in [1.54, 1.807) is 6.92 Å². The first-order valence-electron chi connectivity index (χ1n) is 7.34. The summed E-state index contributed by atoms with van der Waals surface area (Å²) in [5.74, 6) is 0. The summed E-state index contributed by atoms with van der Waals surface area (Å²) in [7, 11) is -7.96. The number of aryl methyl sites for hydroxylation is 1. The van der Waals surface area contributed by atoms with Gasteiger partial charge in [0.25, 0.3) is 20.0 Å². The average Bonchev–Trinajstić information content (AvgIpc) is 3.21. The summed E-state index contributed by atoms with van der Waals surface area (Å²) >= 11 is 19.5. The summed E-state index contributed by atoms with van der Waals surface area (Å²) in [5.41, 5.74) is 0.565. The Kier molecular flexibility index (Phi) is 6.21. The number of rotatable bonds is 6. The summed E-state index contributed by atoms with van der Waals surface area (Å²) in [5, 5.41) is 0.268. The maximum absolute atomic E-state index is 12.6. The molecule has 3 rings (SSSR count). The minimum atomic E-state index is -3.99. The number of thiophene rings is 2. The van der Waals surface area contributed by atoms with Crippen molar-refractivity contribution in [1.29, 1.82) is 0 Å². The molecule has 28 heavy (non-hydrogen) atoms. The van der Waals surface area contributed by atoms with Gasteiger partial charge in [-0.05, 0) is 48.9 Å². The molecule has 0 unspecified atom stereocenters. The van der Waals surface area contributed by atoms with Gasteiger partial charge in [-0.15, -0.1) is 22.7 Å². The molecule has 0 aliphatic heterocycles. The van der Waals surface area contributed by atoms with Gasteiger partial charge in [0.05, 0.1) is 20.0 Å². The lowest BCUT2D eigenvalue weighted by molar-refractivity contribution is 0.601. The standard InChI is InChI=1S/C15H11Cl3N2O4S4/c1-8-6-10(19-27(21,22)14-4-2-12(17)25-14)11(7-9(8)16)20-28(23,24)15-5-3-13(18)26-15/h2-7,19-20H,1H3. The number of anilines is 2. The van der Waals surface area contributed by atoms with E-state index in [-0.39, 0.29) is 24.8 Å². The topological polar surface area (TPSA) is 92.3 Å². The van der Waals surface area contributed by atoms with E-state index in [4.69, 9.17) is 34.8 Å². The van der Waals surface area contributed by atoms with Gasteiger partial charge in [0, 0.05) is 5.02 Å². The lowest BCUT2D eigenvalue weighted by Crippen LogP contribution is -2.16. The Morgan fingerprint density at radius 3 is 1.57 bits per heavy atom. The molecule has 0 atom stereocenters. The highest BCUT2D eigenvalue weighted by molar-refractivity contribution is 7.95. The number of halogens is 3. The second-order valence-electron chi connectivity index (χ2n) is 5.48. The molecule has 2 aromatic heterocycles. The summed E-state index contributed by atoms with van der Waals surface area (Å²) in [6.45, 7) is 1.67. The van der Waals surface area contributed by atoms with Gasteiger partial charge in [-0.2, -0.15) is 0 Å². The Morgan fingerprint density at radius 2 is 1.18 bits per heavy atom. The summed E-state index contributed by atoms with van der Waals surface area (Å²) in [4.78, 5) is 0. The minimum absolute atomic E-state index is 0.0102. The first-order chi connectivity index (χ1) is 13.0. The molecule has 0 radical (unpaired) electrons. The van der Waals surface area contributed by atoms with Crippen LogP contribution in [0.5, 0.6) is 0 Å². The van der Waals surface area contributed by atoms with E-state index in [2.05, 4.69) is 9.44 Å². The van der Waals surface area contributed by atoms with Crippen molar-refractivity contribution in [2.45, 2.75) is 15.3 Å². The molecule has 3 aromatic rings. The quantitative estimate of drug-likeness (QED) is 0.440. The third-order valence-corrected chi connectivity index (χ3v) is 10.00. The van der Waals surface area contributed by atoms with Crippen molar-refractivity contribution in [3.8, 4) is 0 Å². The van der Waals surface area contributed by atoms with Crippen LogP contribution in [0.1, 0.15) is 5.56 Å². The van der Waals surface area contributed by atoms with Crippen molar-refractivity contribution in [3.05, 3.63) is 55.7 Å². The second kappa shape index (κ2) is 8.02. The van der Waals surface area contributed by atoms with Crippen molar-refractivity contribution >= 4 is 88.9 Å². The molecule has 0 aliphatic rings. The second-order valence-corrected chi connectivity index (χ2v) is 13.1. The van der Waals surface area contributed by atoms with Gasteiger partial charge in [0.1, 0.15) is 8.42 Å². The third-order valence-electron chi connectivity index (χ3n) is 3.41. The fourth-order valence-electron chi connectivity index (χ4n) is 2.12. The van der Waals surface area contributed by atoms with Crippen molar-refractivity contribution in [2.24, 2.45) is 0 Å². The molecule has 150 valence electrons. The van der Waals surface area contributed by atoms with Crippen LogP contribution in [-0.4, -0.2) is 16.8 Å². The predicted molar refractivity (Wildman–Crippen MR) is 116 cm³/mol. The molecule has 0 spiro atoms. The predicted octanol–water partition coefficient (Wildman–Crippen LogP) is 5.68. The van der Waals surface area contributed by atoms with E-state index in [0.29, 0.717) is 14.2 Å². The highest BCUT2D eigenvalue weighted by Gasteiger charge is 2.23. The van der Waals surface area contributed by atoms with Crippen molar-refractivity contribution < 1.29 is 16.8 Å². The van der Waals surface area contributed by atoms with Crippen LogP contribution >= 0.6 is 57.5 Å². The lowest BCUT2D eigenvalue weighted by Gasteiger charge is -2.15. The molecular weight excluding hydrogens is 507 g/mol. The molecular formula is C15H11Cl3N2O4S4. The number of hydrogen-bond donors (Lipinski definition) is 2. The van der Waals surface area contributed by atoms with Crippen LogP contribution in [0.25, 0.3) is 0 Å². The summed E-state index contributed by atoms with van der Waals surface area (Å²) < 4.78 is 55.8. The maximum atomic E-state index is 12.6. The molecule has 0 fully saturated rings. The summed E-state index contributed by atoms with van der Waals surface area (Å²) in [6.07, 6.45) is 0. The fraction of sp³-hybridized carbons (Fsp3) is 0.0667. The highest BCUT2D eigenvalue weighted by atomic mass is 35.5. The van der Waals surface area contributed by atoms with Crippen LogP contribution in [0.3, 0.4) is 0 Å². The van der Waals surface area contributed by atoms with Crippen LogP contribution in [0.15, 0.2) is 44.8 Å². The van der Waals surface area contributed by atoms with E-state index in [0.717, 1.165) is 22.7 Å². The highest BCUT2D eigenvalue weighted by Crippen LogP contribution is 2.35. The SMILES string of the molecule is Cc1cc(NS(=O)(=O)c2ccc(Cl)s2)c(NS(=O)(=O)c2ccc(Cl)s2)cc1Cl. The Labute approximate surface area is 185 Å². The first kappa shape index (κ1) is 21.7. The van der Waals surface area contributed by atoms with Crippen molar-refractivity contribution in [1.82, 2.24) is 0 Å². The van der Waals surface area contributed by atoms with Crippen molar-refractivity contribution in [2.75, 3.05) is 9.44 Å². The van der Waals surface area contributed by atoms with Crippen LogP contribution in [0.4, 0.5) is 11.4 Å². The zero-order valence-electron chi connectivity index (χ0n) is 13.9. The van der Waals surface area contributed by atoms with Gasteiger partial charge < -0.3 is 0 Å². The zero-order valence-corrected chi connectivity index (χ0v) is 19.4. The monoisotopic (exact) mass is 516 g/mol. The molecule has 2 N–H and O–H groups in total. The van der Waals surface area contributed by atoms with Gasteiger partial charge >= 0.3 is 0 Å². The largest absolute Gasteiger partial charge is 0.277 e. The first-order valence-corrected chi connectivity index (χ1v) is 13.1. The molecule has 0 saturated heterocycles. The number of sulfonamides is 2. The molecule has 0 amide bonds. The molecule has 1 aromatic carbocycles. The van der Waals surface area contributed by atoms with Gasteiger partial charge in [-0.3, -0.25) is 9.44 Å². The molecule has 6 nitrogen and oxygen atoms in total. The third kappa shape index (κ3) is 4.76. The Bertz CT molecular complexity index is 1150. The number of hydrogen-bond acceptors (Lipinski definition) is 6. The van der Waals surface area contributed by atoms with Gasteiger partial charge in [0.2, 0.25) is 0 Å². The molecule has 0 aliphatic carbocycles. The Balaban J connectivity index is 2.01. The Morgan fingerprint density at radius 1 is 0.750 bits per heavy atom. The van der Waals surface area contributed by atoms with E-state index in [9.17, 15) is 16.8 Å². The summed E-state index contributed by atoms with van der Waals surface area (Å²) in [6, 6.07) is 8.39. The average molecular weight is 518 g/mol. The number of nitrogens with one attached hydrogen (secondary N) is 2. The van der Waals surface area contributed by atoms with Gasteiger partial charge in [0.15, 0.2) is 0 Å². The zero-order chi connectivity index (χ0) is 20.7.